The fraction of sp³-hybridized carbons (Fsp3) is 0.152. The van der Waals surface area contributed by atoms with Gasteiger partial charge in [0, 0.05) is 32.5 Å². The second kappa shape index (κ2) is 9.79. The third kappa shape index (κ3) is 3.98. The molecule has 41 heavy (non-hydrogen) atoms. The van der Waals surface area contributed by atoms with Gasteiger partial charge in [0.2, 0.25) is 0 Å². The van der Waals surface area contributed by atoms with Crippen molar-refractivity contribution < 1.29 is 19.2 Å². The monoisotopic (exact) mass is 624 g/mol. The van der Waals surface area contributed by atoms with Crippen molar-refractivity contribution in [3.63, 3.8) is 0 Å². The zero-order valence-electron chi connectivity index (χ0n) is 21.5. The Morgan fingerprint density at radius 3 is 1.59 bits per heavy atom. The highest BCUT2D eigenvalue weighted by Gasteiger charge is 2.63. The molecule has 2 bridgehead atoms. The maximum Gasteiger partial charge on any atom is 0.273 e. The van der Waals surface area contributed by atoms with Crippen molar-refractivity contribution in [2.75, 3.05) is 6.54 Å². The standard InChI is InChI=1S/C33H22BrClN2O4/c34-20-13-9-18(10-14-20)26(38)17-36(31(39)19-11-15-21(35)16-12-19)37-32(40)29-27-22-5-1-2-6-23(22)28(30(29)33(37)41)25-8-4-3-7-24(25)27/h1-16,27-30H,17H2/t27?,28?,29-,30-/m1/s1. The van der Waals surface area contributed by atoms with Crippen LogP contribution in [0.4, 0.5) is 0 Å². The van der Waals surface area contributed by atoms with Gasteiger partial charge >= 0.3 is 0 Å². The van der Waals surface area contributed by atoms with Crippen LogP contribution in [0.1, 0.15) is 54.8 Å². The van der Waals surface area contributed by atoms with Crippen LogP contribution in [0, 0.1) is 11.8 Å². The lowest BCUT2D eigenvalue weighted by molar-refractivity contribution is -0.154. The number of hydrogen-bond acceptors (Lipinski definition) is 4. The average Bonchev–Trinajstić information content (AvgIpc) is 3.26. The van der Waals surface area contributed by atoms with E-state index in [9.17, 15) is 19.2 Å². The third-order valence-corrected chi connectivity index (χ3v) is 9.23. The summed E-state index contributed by atoms with van der Waals surface area (Å²) in [5, 5.41) is 2.40. The molecule has 4 aromatic rings. The summed E-state index contributed by atoms with van der Waals surface area (Å²) in [6, 6.07) is 28.8. The Morgan fingerprint density at radius 1 is 0.683 bits per heavy atom. The first-order valence-electron chi connectivity index (χ1n) is 13.3. The first kappa shape index (κ1) is 25.9. The lowest BCUT2D eigenvalue weighted by Gasteiger charge is -2.45. The van der Waals surface area contributed by atoms with Crippen LogP contribution >= 0.6 is 27.5 Å². The van der Waals surface area contributed by atoms with E-state index in [0.29, 0.717) is 10.6 Å². The molecule has 0 aromatic heterocycles. The maximum absolute atomic E-state index is 14.3. The first-order valence-corrected chi connectivity index (χ1v) is 14.4. The highest BCUT2D eigenvalue weighted by atomic mass is 79.9. The Labute approximate surface area is 249 Å². The molecule has 3 amide bonds. The molecule has 4 aromatic carbocycles. The van der Waals surface area contributed by atoms with Crippen molar-refractivity contribution in [3.05, 3.63) is 140 Å². The van der Waals surface area contributed by atoms with E-state index in [1.165, 1.54) is 12.1 Å². The zero-order valence-corrected chi connectivity index (χ0v) is 23.9. The molecule has 0 unspecified atom stereocenters. The summed E-state index contributed by atoms with van der Waals surface area (Å²) in [5.74, 6) is -3.97. The molecule has 202 valence electrons. The fourth-order valence-corrected chi connectivity index (χ4v) is 7.13. The molecule has 0 N–H and O–H groups in total. The van der Waals surface area contributed by atoms with E-state index in [1.54, 1.807) is 36.4 Å². The van der Waals surface area contributed by atoms with Crippen LogP contribution in [-0.4, -0.2) is 40.1 Å². The Morgan fingerprint density at radius 2 is 1.12 bits per heavy atom. The smallest absolute Gasteiger partial charge is 0.273 e. The van der Waals surface area contributed by atoms with Crippen molar-refractivity contribution in [2.45, 2.75) is 11.8 Å². The number of halogens is 2. The number of nitrogens with zero attached hydrogens (tertiary/aromatic N) is 2. The fourth-order valence-electron chi connectivity index (χ4n) is 6.74. The van der Waals surface area contributed by atoms with Crippen molar-refractivity contribution in [3.8, 4) is 0 Å². The molecule has 0 spiro atoms. The van der Waals surface area contributed by atoms with Crippen LogP contribution in [0.3, 0.4) is 0 Å². The number of carbonyl (C=O) groups is 4. The molecule has 3 aliphatic carbocycles. The molecule has 0 radical (unpaired) electrons. The van der Waals surface area contributed by atoms with Gasteiger partial charge in [-0.3, -0.25) is 19.2 Å². The number of hydrazine groups is 1. The number of hydrogen-bond donors (Lipinski definition) is 0. The van der Waals surface area contributed by atoms with Crippen molar-refractivity contribution in [1.82, 2.24) is 10.0 Å². The predicted octanol–water partition coefficient (Wildman–Crippen LogP) is 6.23. The predicted molar refractivity (Wildman–Crippen MR) is 156 cm³/mol. The summed E-state index contributed by atoms with van der Waals surface area (Å²) in [7, 11) is 0. The average molecular weight is 626 g/mol. The SMILES string of the molecule is O=C(CN(C(=O)c1ccc(Cl)cc1)N1C(=O)[C@@H]2C3c4ccccc4C(c4ccccc43)[C@H]2C1=O)c1ccc(Br)cc1. The quantitative estimate of drug-likeness (QED) is 0.195. The summed E-state index contributed by atoms with van der Waals surface area (Å²) in [5.41, 5.74) is 4.69. The maximum atomic E-state index is 14.3. The van der Waals surface area contributed by atoms with Gasteiger partial charge in [-0.2, -0.15) is 5.01 Å². The van der Waals surface area contributed by atoms with Gasteiger partial charge in [0.05, 0.1) is 11.8 Å². The van der Waals surface area contributed by atoms with Crippen LogP contribution in [0.5, 0.6) is 0 Å². The first-order chi connectivity index (χ1) is 19.8. The van der Waals surface area contributed by atoms with E-state index >= 15 is 0 Å². The summed E-state index contributed by atoms with van der Waals surface area (Å²) >= 11 is 9.42. The number of carbonyl (C=O) groups excluding carboxylic acids is 4. The number of benzene rings is 4. The Kier molecular flexibility index (Phi) is 6.17. The molecule has 1 aliphatic heterocycles. The minimum absolute atomic E-state index is 0.211. The van der Waals surface area contributed by atoms with E-state index in [0.717, 1.165) is 36.7 Å². The zero-order chi connectivity index (χ0) is 28.4. The molecule has 1 heterocycles. The summed E-state index contributed by atoms with van der Waals surface area (Å²) in [6.07, 6.45) is 0. The normalized spacial score (nSPS) is 21.8. The van der Waals surface area contributed by atoms with Crippen molar-refractivity contribution in [2.24, 2.45) is 11.8 Å². The van der Waals surface area contributed by atoms with E-state index in [-0.39, 0.29) is 17.4 Å². The number of imide groups is 1. The summed E-state index contributed by atoms with van der Waals surface area (Å²) < 4.78 is 0.798. The van der Waals surface area contributed by atoms with Gasteiger partial charge < -0.3 is 0 Å². The Hall–Kier alpha value is -4.07. The van der Waals surface area contributed by atoms with Crippen molar-refractivity contribution in [1.29, 1.82) is 0 Å². The number of rotatable bonds is 5. The lowest BCUT2D eigenvalue weighted by Crippen LogP contribution is -2.52. The van der Waals surface area contributed by atoms with Gasteiger partial charge in [0.15, 0.2) is 5.78 Å². The molecule has 6 nitrogen and oxygen atoms in total. The van der Waals surface area contributed by atoms with Gasteiger partial charge in [0.25, 0.3) is 17.7 Å². The minimum atomic E-state index is -0.680. The molecule has 0 saturated carbocycles. The van der Waals surface area contributed by atoms with E-state index in [4.69, 9.17) is 11.6 Å². The molecular weight excluding hydrogens is 604 g/mol. The highest BCUT2D eigenvalue weighted by molar-refractivity contribution is 9.10. The molecule has 4 aliphatic rings. The highest BCUT2D eigenvalue weighted by Crippen LogP contribution is 2.61. The van der Waals surface area contributed by atoms with Gasteiger partial charge in [-0.05, 0) is 58.7 Å². The van der Waals surface area contributed by atoms with Gasteiger partial charge in [-0.1, -0.05) is 88.2 Å². The number of amides is 3. The lowest BCUT2D eigenvalue weighted by atomic mass is 9.55. The van der Waals surface area contributed by atoms with Crippen LogP contribution in [0.15, 0.2) is 102 Å². The molecule has 1 fully saturated rings. The second-order valence-corrected chi connectivity index (χ2v) is 11.9. The number of Topliss-reactive ketones (excluding diaryl/α,β-unsaturated/α-hetero) is 1. The van der Waals surface area contributed by atoms with E-state index in [2.05, 4.69) is 15.9 Å². The van der Waals surface area contributed by atoms with Gasteiger partial charge in [-0.25, -0.2) is 5.01 Å². The molecule has 8 rings (SSSR count). The molecule has 2 atom stereocenters. The van der Waals surface area contributed by atoms with Gasteiger partial charge in [-0.15, -0.1) is 0 Å². The molecule has 8 heteroatoms. The Balaban J connectivity index is 1.33. The third-order valence-electron chi connectivity index (χ3n) is 8.45. The Bertz CT molecular complexity index is 1640. The number of ketones is 1. The molecular formula is C33H22BrClN2O4. The van der Waals surface area contributed by atoms with Crippen LogP contribution < -0.4 is 0 Å². The van der Waals surface area contributed by atoms with Gasteiger partial charge in [0.1, 0.15) is 6.54 Å². The summed E-state index contributed by atoms with van der Waals surface area (Å²) in [4.78, 5) is 56.1. The second-order valence-electron chi connectivity index (χ2n) is 10.6. The van der Waals surface area contributed by atoms with Crippen LogP contribution in [-0.2, 0) is 9.59 Å². The van der Waals surface area contributed by atoms with Crippen molar-refractivity contribution >= 4 is 51.0 Å². The van der Waals surface area contributed by atoms with E-state index in [1.807, 2.05) is 48.5 Å². The minimum Gasteiger partial charge on any atom is -0.292 e. The van der Waals surface area contributed by atoms with Crippen LogP contribution in [0.2, 0.25) is 5.02 Å². The molecule has 1 saturated heterocycles. The van der Waals surface area contributed by atoms with Crippen LogP contribution in [0.25, 0.3) is 0 Å². The van der Waals surface area contributed by atoms with E-state index < -0.39 is 41.9 Å². The topological polar surface area (TPSA) is 74.8 Å². The summed E-state index contributed by atoms with van der Waals surface area (Å²) in [6.45, 7) is -0.477. The largest absolute Gasteiger partial charge is 0.292 e.